The Bertz CT molecular complexity index is 1960. The van der Waals surface area contributed by atoms with Gasteiger partial charge in [-0.15, -0.1) is 0 Å². The molecule has 624 valence electrons. The summed E-state index contributed by atoms with van der Waals surface area (Å²) in [6.45, 7) is 16.7. The Kier molecular flexibility index (Phi) is 73.5. The van der Waals surface area contributed by atoms with Gasteiger partial charge in [-0.05, 0) is 62.8 Å². The van der Waals surface area contributed by atoms with Gasteiger partial charge in [-0.3, -0.25) is 0 Å². The molecule has 0 bridgehead atoms. The van der Waals surface area contributed by atoms with E-state index in [1.54, 1.807) is 24.3 Å². The molecule has 0 spiro atoms. The summed E-state index contributed by atoms with van der Waals surface area (Å²) in [5, 5.41) is 0. The van der Waals surface area contributed by atoms with Gasteiger partial charge in [0.25, 0.3) is 0 Å². The highest BCUT2D eigenvalue weighted by Gasteiger charge is 2.26. The smallest absolute Gasteiger partial charge is 0.346 e. The van der Waals surface area contributed by atoms with E-state index in [0.717, 1.165) is 77.0 Å². The van der Waals surface area contributed by atoms with E-state index in [1.807, 2.05) is 0 Å². The fourth-order valence-corrected chi connectivity index (χ4v) is 15.0. The molecule has 9 nitrogen and oxygen atoms in total. The molecule has 0 aliphatic carbocycles. The fraction of sp³-hybridized carbons (Fsp3) is 0.857. The van der Waals surface area contributed by atoms with Crippen molar-refractivity contribution in [3.63, 3.8) is 0 Å². The van der Waals surface area contributed by atoms with Crippen LogP contribution in [0.5, 0.6) is 34.5 Å². The van der Waals surface area contributed by atoms with Gasteiger partial charge in [-0.2, -0.15) is 0 Å². The van der Waals surface area contributed by atoms with Crippen molar-refractivity contribution in [2.75, 3.05) is 39.6 Å². The second-order valence-electron chi connectivity index (χ2n) is 32.7. The van der Waals surface area contributed by atoms with Gasteiger partial charge in [-0.1, -0.05) is 465 Å². The Labute approximate surface area is 664 Å². The zero-order chi connectivity index (χ0) is 76.7. The quantitative estimate of drug-likeness (QED) is 0.0364. The van der Waals surface area contributed by atoms with Gasteiger partial charge in [0, 0.05) is 0 Å². The molecule has 0 fully saturated rings. The van der Waals surface area contributed by atoms with E-state index in [1.165, 1.54) is 385 Å². The molecule has 2 rings (SSSR count). The molecular formula is C98H178O9. The Morgan fingerprint density at radius 1 is 0.178 bits per heavy atom. The van der Waals surface area contributed by atoms with Crippen LogP contribution in [0.1, 0.15) is 525 Å². The Hall–Kier alpha value is -3.62. The van der Waals surface area contributed by atoms with Crippen LogP contribution in [-0.4, -0.2) is 51.6 Å². The highest BCUT2D eigenvalue weighted by molar-refractivity contribution is 6.03. The minimum absolute atomic E-state index is 0.194. The summed E-state index contributed by atoms with van der Waals surface area (Å²) in [4.78, 5) is 29.7. The molecule has 0 saturated heterocycles. The molecule has 2 aromatic carbocycles. The zero-order valence-electron chi connectivity index (χ0n) is 72.1. The van der Waals surface area contributed by atoms with E-state index in [2.05, 4.69) is 41.5 Å². The highest BCUT2D eigenvalue weighted by Crippen LogP contribution is 2.42. The zero-order valence-corrected chi connectivity index (χ0v) is 72.1. The first kappa shape index (κ1) is 99.5. The average Bonchev–Trinajstić information content (AvgIpc) is 0.813. The summed E-state index contributed by atoms with van der Waals surface area (Å²) in [5.74, 6) is 1.42. The molecule has 0 aromatic heterocycles. The van der Waals surface area contributed by atoms with E-state index < -0.39 is 11.9 Å². The van der Waals surface area contributed by atoms with Crippen LogP contribution in [0.3, 0.4) is 0 Å². The molecule has 0 heterocycles. The van der Waals surface area contributed by atoms with E-state index >= 15 is 0 Å². The lowest BCUT2D eigenvalue weighted by Gasteiger charge is -2.19. The third-order valence-corrected chi connectivity index (χ3v) is 22.2. The van der Waals surface area contributed by atoms with Crippen LogP contribution in [0.15, 0.2) is 24.3 Å². The van der Waals surface area contributed by atoms with Crippen molar-refractivity contribution in [1.82, 2.24) is 0 Å². The average molecular weight is 1500 g/mol. The normalized spacial score (nSPS) is 11.5. The molecular weight excluding hydrogens is 1320 g/mol. The van der Waals surface area contributed by atoms with Gasteiger partial charge in [-0.25, -0.2) is 9.59 Å². The van der Waals surface area contributed by atoms with Crippen molar-refractivity contribution in [2.45, 2.75) is 504 Å². The number of benzene rings is 2. The molecule has 0 saturated carbocycles. The minimum Gasteiger partial charge on any atom is -0.490 e. The van der Waals surface area contributed by atoms with Gasteiger partial charge >= 0.3 is 11.9 Å². The molecule has 2 aromatic rings. The van der Waals surface area contributed by atoms with Gasteiger partial charge in [0.2, 0.25) is 11.5 Å². The summed E-state index contributed by atoms with van der Waals surface area (Å²) >= 11 is 0. The SMILES string of the molecule is CCCCCCCCCCCCCCOc1cc(C(=O)OC(=O)c2cc(OCCCCCCCCCCCCCC)c(OCCCCCCCCCCCCCC)c(OCCCCCCCCCCCCCC)c2)cc(OCCCCCCCCCCCCCC)c1OCCCCCCCCCCCCCC. The van der Waals surface area contributed by atoms with Crippen molar-refractivity contribution in [3.05, 3.63) is 35.4 Å². The number of unbranched alkanes of at least 4 members (excludes halogenated alkanes) is 66. The highest BCUT2D eigenvalue weighted by atomic mass is 16.6. The minimum atomic E-state index is -0.766. The first-order valence-corrected chi connectivity index (χ1v) is 47.8. The van der Waals surface area contributed by atoms with Gasteiger partial charge in [0.1, 0.15) is 0 Å². The van der Waals surface area contributed by atoms with Crippen LogP contribution in [-0.2, 0) is 4.74 Å². The molecule has 0 N–H and O–H groups in total. The van der Waals surface area contributed by atoms with Crippen molar-refractivity contribution < 1.29 is 42.7 Å². The van der Waals surface area contributed by atoms with E-state index in [4.69, 9.17) is 33.2 Å². The van der Waals surface area contributed by atoms with Crippen molar-refractivity contribution in [1.29, 1.82) is 0 Å². The largest absolute Gasteiger partial charge is 0.490 e. The molecule has 0 aliphatic heterocycles. The predicted molar refractivity (Wildman–Crippen MR) is 462 cm³/mol. The van der Waals surface area contributed by atoms with E-state index in [-0.39, 0.29) is 11.1 Å². The third kappa shape index (κ3) is 60.7. The molecule has 9 heteroatoms. The van der Waals surface area contributed by atoms with E-state index in [0.29, 0.717) is 74.1 Å². The first-order chi connectivity index (χ1) is 52.9. The maximum absolute atomic E-state index is 14.8. The summed E-state index contributed by atoms with van der Waals surface area (Å²) in [6, 6.07) is 6.90. The molecule has 0 aliphatic rings. The van der Waals surface area contributed by atoms with Crippen molar-refractivity contribution in [2.24, 2.45) is 0 Å². The lowest BCUT2D eigenvalue weighted by molar-refractivity contribution is 0.0396. The fourth-order valence-electron chi connectivity index (χ4n) is 15.0. The summed E-state index contributed by atoms with van der Waals surface area (Å²) < 4.78 is 46.4. The van der Waals surface area contributed by atoms with Crippen LogP contribution in [0.4, 0.5) is 0 Å². The number of carbonyl (C=O) groups is 2. The topological polar surface area (TPSA) is 98.8 Å². The summed E-state index contributed by atoms with van der Waals surface area (Å²) in [5.41, 5.74) is 0.388. The summed E-state index contributed by atoms with van der Waals surface area (Å²) in [6.07, 6.45) is 90.7. The second-order valence-corrected chi connectivity index (χ2v) is 32.7. The molecule has 0 radical (unpaired) electrons. The first-order valence-electron chi connectivity index (χ1n) is 47.8. The molecule has 107 heavy (non-hydrogen) atoms. The van der Waals surface area contributed by atoms with Gasteiger partial charge < -0.3 is 33.2 Å². The van der Waals surface area contributed by atoms with Gasteiger partial charge in [0.15, 0.2) is 23.0 Å². The standard InChI is InChI=1S/C98H178O9/c1-7-13-19-25-31-37-43-49-55-61-67-73-79-101-91-85-89(86-92(102-80-74-68-62-56-50-44-38-32-26-20-14-8-2)95(91)105-83-77-71-65-59-53-47-41-35-29-23-17-11-5)97(99)107-98(100)90-87-93(103-81-75-69-63-57-51-45-39-33-27-21-15-9-3)96(106-84-78-72-66-60-54-48-42-36-30-24-18-12-6)94(88-90)104-82-76-70-64-58-52-46-40-34-28-22-16-10-4/h85-88H,7-84H2,1-6H3. The van der Waals surface area contributed by atoms with Crippen LogP contribution >= 0.6 is 0 Å². The Balaban J connectivity index is 2.51. The third-order valence-electron chi connectivity index (χ3n) is 22.2. The number of esters is 2. The molecule has 0 amide bonds. The predicted octanol–water partition coefficient (Wildman–Crippen LogP) is 33.2. The number of ether oxygens (including phenoxy) is 7. The van der Waals surface area contributed by atoms with Gasteiger partial charge in [0.05, 0.1) is 50.8 Å². The Morgan fingerprint density at radius 3 is 0.439 bits per heavy atom. The van der Waals surface area contributed by atoms with Crippen LogP contribution in [0.25, 0.3) is 0 Å². The number of rotatable bonds is 86. The Morgan fingerprint density at radius 2 is 0.299 bits per heavy atom. The van der Waals surface area contributed by atoms with E-state index in [9.17, 15) is 9.59 Å². The van der Waals surface area contributed by atoms with Crippen LogP contribution in [0, 0.1) is 0 Å². The number of hydrogen-bond donors (Lipinski definition) is 0. The van der Waals surface area contributed by atoms with Crippen LogP contribution < -0.4 is 28.4 Å². The number of hydrogen-bond acceptors (Lipinski definition) is 9. The maximum Gasteiger partial charge on any atom is 0.346 e. The monoisotopic (exact) mass is 1500 g/mol. The molecule has 0 unspecified atom stereocenters. The summed E-state index contributed by atoms with van der Waals surface area (Å²) in [7, 11) is 0. The van der Waals surface area contributed by atoms with Crippen LogP contribution in [0.2, 0.25) is 0 Å². The van der Waals surface area contributed by atoms with Crippen molar-refractivity contribution in [3.8, 4) is 34.5 Å². The lowest BCUT2D eigenvalue weighted by Crippen LogP contribution is -2.15. The van der Waals surface area contributed by atoms with Crippen molar-refractivity contribution >= 4 is 11.9 Å². The number of carbonyl (C=O) groups excluding carboxylic acids is 2. The molecule has 0 atom stereocenters. The lowest BCUT2D eigenvalue weighted by atomic mass is 10.1. The second kappa shape index (κ2) is 79.0. The maximum atomic E-state index is 14.8.